The van der Waals surface area contributed by atoms with Gasteiger partial charge in [-0.25, -0.2) is 9.97 Å². The van der Waals surface area contributed by atoms with Crippen molar-refractivity contribution < 1.29 is 14.3 Å². The zero-order chi connectivity index (χ0) is 21.9. The molecule has 5 nitrogen and oxygen atoms in total. The van der Waals surface area contributed by atoms with Crippen LogP contribution in [0.25, 0.3) is 22.5 Å². The quantitative estimate of drug-likeness (QED) is 0.203. The molecule has 0 N–H and O–H groups in total. The van der Waals surface area contributed by atoms with Crippen molar-refractivity contribution in [2.75, 3.05) is 6.61 Å². The first kappa shape index (κ1) is 22.5. The zero-order valence-corrected chi connectivity index (χ0v) is 18.3. The van der Waals surface area contributed by atoms with Crippen molar-refractivity contribution >= 4 is 5.97 Å². The van der Waals surface area contributed by atoms with E-state index >= 15 is 0 Å². The fourth-order valence-electron chi connectivity index (χ4n) is 3.14. The maximum Gasteiger partial charge on any atom is 0.310 e. The molecule has 0 spiro atoms. The lowest BCUT2D eigenvalue weighted by Gasteiger charge is -2.08. The molecule has 0 aliphatic carbocycles. The highest BCUT2D eigenvalue weighted by atomic mass is 16.5. The number of rotatable bonds is 11. The molecule has 0 saturated carbocycles. The molecule has 0 radical (unpaired) electrons. The van der Waals surface area contributed by atoms with E-state index in [1.54, 1.807) is 19.1 Å². The largest absolute Gasteiger partial charge is 0.494 e. The average molecular weight is 419 g/mol. The van der Waals surface area contributed by atoms with E-state index in [2.05, 4.69) is 16.9 Å². The van der Waals surface area contributed by atoms with Crippen molar-refractivity contribution in [1.82, 2.24) is 9.97 Å². The highest BCUT2D eigenvalue weighted by Crippen LogP contribution is 2.24. The Balaban J connectivity index is 1.55. The first-order valence-electron chi connectivity index (χ1n) is 11.1. The van der Waals surface area contributed by atoms with E-state index in [1.165, 1.54) is 25.7 Å². The van der Waals surface area contributed by atoms with Crippen LogP contribution in [0.3, 0.4) is 0 Å². The number of unbranched alkanes of at least 4 members (excludes halogenated alkanes) is 4. The highest BCUT2D eigenvalue weighted by molar-refractivity contribution is 5.72. The molecule has 0 aliphatic rings. The number of aromatic nitrogens is 2. The minimum atomic E-state index is -0.253. The Bertz CT molecular complexity index is 936. The molecule has 3 rings (SSSR count). The Morgan fingerprint density at radius 1 is 0.742 bits per heavy atom. The van der Waals surface area contributed by atoms with E-state index in [0.29, 0.717) is 18.0 Å². The second-order valence-corrected chi connectivity index (χ2v) is 7.43. The number of esters is 1. The number of benzene rings is 2. The Hall–Kier alpha value is -3.21. The highest BCUT2D eigenvalue weighted by Gasteiger charge is 2.06. The zero-order valence-electron chi connectivity index (χ0n) is 18.3. The summed E-state index contributed by atoms with van der Waals surface area (Å²) < 4.78 is 11.0. The third-order valence-corrected chi connectivity index (χ3v) is 4.99. The summed E-state index contributed by atoms with van der Waals surface area (Å²) in [7, 11) is 0. The van der Waals surface area contributed by atoms with Crippen LogP contribution in [0.2, 0.25) is 0 Å². The van der Waals surface area contributed by atoms with Gasteiger partial charge in [-0.05, 0) is 48.4 Å². The molecule has 0 aliphatic heterocycles. The van der Waals surface area contributed by atoms with E-state index in [9.17, 15) is 4.79 Å². The molecule has 1 heterocycles. The first-order chi connectivity index (χ1) is 15.2. The van der Waals surface area contributed by atoms with E-state index in [0.717, 1.165) is 35.5 Å². The van der Waals surface area contributed by atoms with Gasteiger partial charge >= 0.3 is 5.97 Å². The standard InChI is InChI=1S/C26H30N2O3/c1-3-5-6-7-8-17-30-23-13-9-20(10-14-23)22-18-27-26(28-19-22)21-11-15-24(16-12-21)31-25(29)4-2/h9-16,18-19H,3-8,17H2,1-2H3. The van der Waals surface area contributed by atoms with Crippen molar-refractivity contribution in [3.05, 3.63) is 60.9 Å². The van der Waals surface area contributed by atoms with Gasteiger partial charge in [0.05, 0.1) is 6.61 Å². The average Bonchev–Trinajstić information content (AvgIpc) is 2.82. The van der Waals surface area contributed by atoms with Crippen LogP contribution in [0, 0.1) is 0 Å². The van der Waals surface area contributed by atoms with Gasteiger partial charge < -0.3 is 9.47 Å². The molecule has 5 heteroatoms. The van der Waals surface area contributed by atoms with E-state index in [-0.39, 0.29) is 5.97 Å². The van der Waals surface area contributed by atoms with Gasteiger partial charge in [0.25, 0.3) is 0 Å². The van der Waals surface area contributed by atoms with Gasteiger partial charge in [-0.2, -0.15) is 0 Å². The van der Waals surface area contributed by atoms with Gasteiger partial charge in [0, 0.05) is 29.9 Å². The SMILES string of the molecule is CCCCCCCOc1ccc(-c2cnc(-c3ccc(OC(=O)CC)cc3)nc2)cc1. The van der Waals surface area contributed by atoms with Crippen molar-refractivity contribution in [3.8, 4) is 34.0 Å². The summed E-state index contributed by atoms with van der Waals surface area (Å²) in [5.41, 5.74) is 2.86. The summed E-state index contributed by atoms with van der Waals surface area (Å²) in [5.74, 6) is 1.79. The number of hydrogen-bond donors (Lipinski definition) is 0. The Morgan fingerprint density at radius 3 is 2.00 bits per heavy atom. The van der Waals surface area contributed by atoms with Crippen LogP contribution in [-0.4, -0.2) is 22.5 Å². The summed E-state index contributed by atoms with van der Waals surface area (Å²) in [6, 6.07) is 15.2. The number of carbonyl (C=O) groups is 1. The van der Waals surface area contributed by atoms with Crippen molar-refractivity contribution in [3.63, 3.8) is 0 Å². The normalized spacial score (nSPS) is 10.6. The molecular weight excluding hydrogens is 388 g/mol. The summed E-state index contributed by atoms with van der Waals surface area (Å²) in [5, 5.41) is 0. The lowest BCUT2D eigenvalue weighted by Crippen LogP contribution is -2.05. The molecule has 0 amide bonds. The second kappa shape index (κ2) is 11.8. The predicted molar refractivity (Wildman–Crippen MR) is 123 cm³/mol. The van der Waals surface area contributed by atoms with Crippen LogP contribution in [0.1, 0.15) is 52.4 Å². The van der Waals surface area contributed by atoms with Crippen molar-refractivity contribution in [2.24, 2.45) is 0 Å². The summed E-state index contributed by atoms with van der Waals surface area (Å²) in [6.45, 7) is 4.75. The van der Waals surface area contributed by atoms with Gasteiger partial charge in [-0.15, -0.1) is 0 Å². The number of nitrogens with zero attached hydrogens (tertiary/aromatic N) is 2. The predicted octanol–water partition coefficient (Wildman–Crippen LogP) is 6.48. The van der Waals surface area contributed by atoms with Crippen LogP contribution in [0.15, 0.2) is 60.9 Å². The molecule has 3 aromatic rings. The summed E-state index contributed by atoms with van der Waals surface area (Å²) >= 11 is 0. The monoisotopic (exact) mass is 418 g/mol. The minimum Gasteiger partial charge on any atom is -0.494 e. The van der Waals surface area contributed by atoms with Crippen molar-refractivity contribution in [2.45, 2.75) is 52.4 Å². The maximum atomic E-state index is 11.4. The Kier molecular flexibility index (Phi) is 8.59. The van der Waals surface area contributed by atoms with Crippen LogP contribution in [-0.2, 0) is 4.79 Å². The molecule has 1 aromatic heterocycles. The van der Waals surface area contributed by atoms with Crippen LogP contribution < -0.4 is 9.47 Å². The van der Waals surface area contributed by atoms with Gasteiger partial charge in [-0.3, -0.25) is 4.79 Å². The lowest BCUT2D eigenvalue weighted by molar-refractivity contribution is -0.134. The van der Waals surface area contributed by atoms with Crippen LogP contribution >= 0.6 is 0 Å². The fraction of sp³-hybridized carbons (Fsp3) is 0.346. The lowest BCUT2D eigenvalue weighted by atomic mass is 10.1. The molecule has 31 heavy (non-hydrogen) atoms. The second-order valence-electron chi connectivity index (χ2n) is 7.43. The van der Waals surface area contributed by atoms with Crippen LogP contribution in [0.4, 0.5) is 0 Å². The Labute approximate surface area is 184 Å². The minimum absolute atomic E-state index is 0.253. The van der Waals surface area contributed by atoms with E-state index < -0.39 is 0 Å². The molecule has 0 bridgehead atoms. The van der Waals surface area contributed by atoms with E-state index in [1.807, 2.05) is 48.8 Å². The molecule has 2 aromatic carbocycles. The fourth-order valence-corrected chi connectivity index (χ4v) is 3.14. The number of carbonyl (C=O) groups excluding carboxylic acids is 1. The topological polar surface area (TPSA) is 61.3 Å². The van der Waals surface area contributed by atoms with Crippen molar-refractivity contribution in [1.29, 1.82) is 0 Å². The Morgan fingerprint density at radius 2 is 1.35 bits per heavy atom. The number of hydrogen-bond acceptors (Lipinski definition) is 5. The third-order valence-electron chi connectivity index (χ3n) is 4.99. The molecule has 0 fully saturated rings. The molecular formula is C26H30N2O3. The van der Waals surface area contributed by atoms with E-state index in [4.69, 9.17) is 9.47 Å². The summed E-state index contributed by atoms with van der Waals surface area (Å²) in [6.07, 6.45) is 10.1. The molecule has 0 atom stereocenters. The number of ether oxygens (including phenoxy) is 2. The van der Waals surface area contributed by atoms with Gasteiger partial charge in [0.1, 0.15) is 11.5 Å². The van der Waals surface area contributed by atoms with Crippen LogP contribution in [0.5, 0.6) is 11.5 Å². The van der Waals surface area contributed by atoms with Gasteiger partial charge in [0.15, 0.2) is 5.82 Å². The molecule has 0 saturated heterocycles. The smallest absolute Gasteiger partial charge is 0.310 e. The first-order valence-corrected chi connectivity index (χ1v) is 11.1. The molecule has 162 valence electrons. The maximum absolute atomic E-state index is 11.4. The summed E-state index contributed by atoms with van der Waals surface area (Å²) in [4.78, 5) is 20.4. The molecule has 0 unspecified atom stereocenters. The van der Waals surface area contributed by atoms with Gasteiger partial charge in [0.2, 0.25) is 0 Å². The van der Waals surface area contributed by atoms with Gasteiger partial charge in [-0.1, -0.05) is 51.7 Å². The third kappa shape index (κ3) is 6.92.